The first-order valence-electron chi connectivity index (χ1n) is 4.80. The highest BCUT2D eigenvalue weighted by Gasteiger charge is 2.28. The zero-order valence-electron chi connectivity index (χ0n) is 9.38. The number of nitrogens with one attached hydrogen (secondary N) is 2. The molecule has 1 aromatic carbocycles. The van der Waals surface area contributed by atoms with Crippen LogP contribution in [0, 0.1) is 0 Å². The van der Waals surface area contributed by atoms with Crippen molar-refractivity contribution >= 4 is 11.7 Å². The standard InChI is InChI=1S/C10H11F3N2O3/c1-17-8-4-2-7(3-5-8)14-9(16)15-18-6-10(11,12)13/h2-5H,6H2,1H3,(H2,14,15,16). The van der Waals surface area contributed by atoms with Gasteiger partial charge in [-0.15, -0.1) is 0 Å². The maximum absolute atomic E-state index is 11.7. The van der Waals surface area contributed by atoms with Gasteiger partial charge in [-0.3, -0.25) is 4.84 Å². The van der Waals surface area contributed by atoms with Gasteiger partial charge in [0.1, 0.15) is 5.75 Å². The van der Waals surface area contributed by atoms with E-state index < -0.39 is 18.8 Å². The van der Waals surface area contributed by atoms with Crippen LogP contribution < -0.4 is 15.5 Å². The summed E-state index contributed by atoms with van der Waals surface area (Å²) in [4.78, 5) is 15.1. The van der Waals surface area contributed by atoms with Gasteiger partial charge in [-0.2, -0.15) is 13.2 Å². The van der Waals surface area contributed by atoms with E-state index in [-0.39, 0.29) is 0 Å². The van der Waals surface area contributed by atoms with Crippen molar-refractivity contribution in [1.29, 1.82) is 0 Å². The van der Waals surface area contributed by atoms with E-state index in [1.807, 2.05) is 0 Å². The van der Waals surface area contributed by atoms with Gasteiger partial charge in [-0.25, -0.2) is 10.3 Å². The van der Waals surface area contributed by atoms with Crippen molar-refractivity contribution in [1.82, 2.24) is 5.48 Å². The molecule has 0 unspecified atom stereocenters. The van der Waals surface area contributed by atoms with Crippen LogP contribution in [0.1, 0.15) is 0 Å². The van der Waals surface area contributed by atoms with Crippen LogP contribution in [-0.4, -0.2) is 25.9 Å². The molecule has 0 fully saturated rings. The molecule has 1 rings (SSSR count). The molecule has 5 nitrogen and oxygen atoms in total. The number of methoxy groups -OCH3 is 1. The Labute approximate surface area is 101 Å². The molecule has 2 amide bonds. The predicted octanol–water partition coefficient (Wildman–Crippen LogP) is 2.31. The lowest BCUT2D eigenvalue weighted by Crippen LogP contribution is -2.32. The third-order valence-electron chi connectivity index (χ3n) is 1.75. The van der Waals surface area contributed by atoms with Gasteiger partial charge in [0.2, 0.25) is 0 Å². The summed E-state index contributed by atoms with van der Waals surface area (Å²) in [6.45, 7) is -1.55. The second kappa shape index (κ2) is 6.10. The Bertz CT molecular complexity index is 392. The largest absolute Gasteiger partial charge is 0.497 e. The quantitative estimate of drug-likeness (QED) is 0.820. The number of carbonyl (C=O) groups is 1. The Kier molecular flexibility index (Phi) is 4.78. The molecule has 0 aliphatic carbocycles. The van der Waals surface area contributed by atoms with Crippen molar-refractivity contribution in [2.24, 2.45) is 0 Å². The van der Waals surface area contributed by atoms with Crippen molar-refractivity contribution in [3.63, 3.8) is 0 Å². The van der Waals surface area contributed by atoms with Crippen LogP contribution in [0.3, 0.4) is 0 Å². The maximum Gasteiger partial charge on any atom is 0.414 e. The Morgan fingerprint density at radius 2 is 1.89 bits per heavy atom. The summed E-state index contributed by atoms with van der Waals surface area (Å²) in [5.41, 5.74) is 2.01. The number of urea groups is 1. The molecule has 18 heavy (non-hydrogen) atoms. The number of ether oxygens (including phenoxy) is 1. The fraction of sp³-hybridized carbons (Fsp3) is 0.300. The zero-order chi connectivity index (χ0) is 13.6. The van der Waals surface area contributed by atoms with Crippen LogP contribution in [0.4, 0.5) is 23.7 Å². The topological polar surface area (TPSA) is 59.6 Å². The normalized spacial score (nSPS) is 10.9. The molecule has 0 saturated heterocycles. The summed E-state index contributed by atoms with van der Waals surface area (Å²) < 4.78 is 40.0. The molecule has 0 aromatic heterocycles. The molecule has 0 radical (unpaired) electrons. The monoisotopic (exact) mass is 264 g/mol. The van der Waals surface area contributed by atoms with Crippen LogP contribution in [0.25, 0.3) is 0 Å². The minimum Gasteiger partial charge on any atom is -0.497 e. The lowest BCUT2D eigenvalue weighted by molar-refractivity contribution is -0.183. The minimum atomic E-state index is -4.49. The van der Waals surface area contributed by atoms with Crippen LogP contribution in [0.15, 0.2) is 24.3 Å². The number of hydroxylamine groups is 1. The summed E-state index contributed by atoms with van der Waals surface area (Å²) in [6.07, 6.45) is -4.49. The number of benzene rings is 1. The van der Waals surface area contributed by atoms with Crippen LogP contribution in [-0.2, 0) is 4.84 Å². The van der Waals surface area contributed by atoms with E-state index in [4.69, 9.17) is 4.74 Å². The lowest BCUT2D eigenvalue weighted by atomic mass is 10.3. The molecule has 0 saturated carbocycles. The van der Waals surface area contributed by atoms with E-state index in [9.17, 15) is 18.0 Å². The highest BCUT2D eigenvalue weighted by molar-refractivity contribution is 5.88. The van der Waals surface area contributed by atoms with E-state index in [0.717, 1.165) is 0 Å². The van der Waals surface area contributed by atoms with Gasteiger partial charge in [0.15, 0.2) is 6.61 Å². The van der Waals surface area contributed by atoms with Gasteiger partial charge in [0.25, 0.3) is 0 Å². The molecule has 0 aliphatic heterocycles. The fourth-order valence-electron chi connectivity index (χ4n) is 1.01. The van der Waals surface area contributed by atoms with E-state index >= 15 is 0 Å². The second-order valence-corrected chi connectivity index (χ2v) is 3.19. The maximum atomic E-state index is 11.7. The first-order chi connectivity index (χ1) is 8.40. The zero-order valence-corrected chi connectivity index (χ0v) is 9.38. The summed E-state index contributed by atoms with van der Waals surface area (Å²) in [5.74, 6) is 0.592. The number of halogens is 3. The predicted molar refractivity (Wildman–Crippen MR) is 57.2 cm³/mol. The average molecular weight is 264 g/mol. The average Bonchev–Trinajstić information content (AvgIpc) is 2.28. The van der Waals surface area contributed by atoms with Gasteiger partial charge in [0, 0.05) is 5.69 Å². The van der Waals surface area contributed by atoms with Crippen molar-refractivity contribution in [3.8, 4) is 5.75 Å². The van der Waals surface area contributed by atoms with Gasteiger partial charge in [0.05, 0.1) is 7.11 Å². The van der Waals surface area contributed by atoms with E-state index in [1.54, 1.807) is 17.6 Å². The third-order valence-corrected chi connectivity index (χ3v) is 1.75. The Morgan fingerprint density at radius 3 is 2.39 bits per heavy atom. The van der Waals surface area contributed by atoms with E-state index in [2.05, 4.69) is 10.2 Å². The molecule has 100 valence electrons. The molecular weight excluding hydrogens is 253 g/mol. The number of anilines is 1. The number of amides is 2. The van der Waals surface area contributed by atoms with Crippen molar-refractivity contribution in [2.75, 3.05) is 19.0 Å². The number of rotatable bonds is 4. The Balaban J connectivity index is 2.35. The molecule has 8 heteroatoms. The molecule has 0 spiro atoms. The van der Waals surface area contributed by atoms with E-state index in [1.165, 1.54) is 19.2 Å². The molecule has 2 N–H and O–H groups in total. The van der Waals surface area contributed by atoms with Crippen LogP contribution in [0.5, 0.6) is 5.75 Å². The van der Waals surface area contributed by atoms with Gasteiger partial charge >= 0.3 is 12.2 Å². The van der Waals surface area contributed by atoms with Crippen molar-refractivity contribution in [2.45, 2.75) is 6.18 Å². The molecule has 1 aromatic rings. The summed E-state index contributed by atoms with van der Waals surface area (Å²) in [5, 5.41) is 2.28. The molecule has 0 bridgehead atoms. The SMILES string of the molecule is COc1ccc(NC(=O)NOCC(F)(F)F)cc1. The molecular formula is C10H11F3N2O3. The molecule has 0 heterocycles. The van der Waals surface area contributed by atoms with Crippen LogP contribution >= 0.6 is 0 Å². The van der Waals surface area contributed by atoms with Crippen molar-refractivity contribution < 1.29 is 27.5 Å². The minimum absolute atomic E-state index is 0.393. The fourth-order valence-corrected chi connectivity index (χ4v) is 1.01. The van der Waals surface area contributed by atoms with Crippen LogP contribution in [0.2, 0.25) is 0 Å². The van der Waals surface area contributed by atoms with Gasteiger partial charge < -0.3 is 10.1 Å². The first-order valence-corrected chi connectivity index (χ1v) is 4.80. The summed E-state index contributed by atoms with van der Waals surface area (Å²) >= 11 is 0. The van der Waals surface area contributed by atoms with Gasteiger partial charge in [-0.1, -0.05) is 0 Å². The summed E-state index contributed by atoms with van der Waals surface area (Å²) in [6, 6.07) is 5.34. The first kappa shape index (κ1) is 14.1. The lowest BCUT2D eigenvalue weighted by Gasteiger charge is -2.09. The number of carbonyl (C=O) groups excluding carboxylic acids is 1. The molecule has 0 aliphatic rings. The number of hydrogen-bond acceptors (Lipinski definition) is 3. The summed E-state index contributed by atoms with van der Waals surface area (Å²) in [7, 11) is 1.49. The Morgan fingerprint density at radius 1 is 1.28 bits per heavy atom. The smallest absolute Gasteiger partial charge is 0.414 e. The Hall–Kier alpha value is -1.96. The third kappa shape index (κ3) is 5.39. The van der Waals surface area contributed by atoms with Gasteiger partial charge in [-0.05, 0) is 24.3 Å². The van der Waals surface area contributed by atoms with E-state index in [0.29, 0.717) is 11.4 Å². The second-order valence-electron chi connectivity index (χ2n) is 3.19. The molecule has 0 atom stereocenters. The van der Waals surface area contributed by atoms with Crippen molar-refractivity contribution in [3.05, 3.63) is 24.3 Å². The highest BCUT2D eigenvalue weighted by atomic mass is 19.4. The number of hydrogen-bond donors (Lipinski definition) is 2. The number of alkyl halides is 3. The highest BCUT2D eigenvalue weighted by Crippen LogP contribution is 2.15.